The van der Waals surface area contributed by atoms with Gasteiger partial charge in [0, 0.05) is 36.9 Å². The molecule has 0 amide bonds. The fourth-order valence-corrected chi connectivity index (χ4v) is 2.95. The van der Waals surface area contributed by atoms with E-state index in [0.29, 0.717) is 18.0 Å². The minimum absolute atomic E-state index is 0.154. The Morgan fingerprint density at radius 2 is 2.19 bits per heavy atom. The molecule has 21 heavy (non-hydrogen) atoms. The van der Waals surface area contributed by atoms with Crippen molar-refractivity contribution in [2.24, 2.45) is 5.92 Å². The van der Waals surface area contributed by atoms with Crippen LogP contribution in [0.3, 0.4) is 0 Å². The van der Waals surface area contributed by atoms with E-state index in [1.165, 1.54) is 6.42 Å². The van der Waals surface area contributed by atoms with E-state index in [0.717, 1.165) is 24.5 Å². The number of pyridine rings is 1. The topological polar surface area (TPSA) is 37.4 Å². The third-order valence-corrected chi connectivity index (χ3v) is 4.36. The maximum absolute atomic E-state index is 5.79. The quantitative estimate of drug-likeness (QED) is 0.905. The smallest absolute Gasteiger partial charge is 0.218 e. The molecule has 2 heterocycles. The van der Waals surface area contributed by atoms with Gasteiger partial charge in [0.2, 0.25) is 5.88 Å². The van der Waals surface area contributed by atoms with Gasteiger partial charge in [0.25, 0.3) is 0 Å². The standard InChI is InChI=1S/C17H29N3O/c1-12(2)21-17-15(7-6-8-18-17)10-19-16-9-14(4)20(5)11-13(16)3/h6-8,12-14,16,19H,9-11H2,1-5H3. The van der Waals surface area contributed by atoms with Crippen LogP contribution in [-0.2, 0) is 6.54 Å². The summed E-state index contributed by atoms with van der Waals surface area (Å²) in [6.07, 6.45) is 3.14. The molecule has 1 saturated heterocycles. The maximum atomic E-state index is 5.79. The van der Waals surface area contributed by atoms with E-state index in [-0.39, 0.29) is 6.10 Å². The van der Waals surface area contributed by atoms with Crippen molar-refractivity contribution in [3.63, 3.8) is 0 Å². The SMILES string of the molecule is CC(C)Oc1ncccc1CNC1CC(C)N(C)CC1C. The number of nitrogens with one attached hydrogen (secondary N) is 1. The van der Waals surface area contributed by atoms with Crippen LogP contribution in [0.2, 0.25) is 0 Å². The molecule has 2 rings (SSSR count). The molecule has 118 valence electrons. The highest BCUT2D eigenvalue weighted by molar-refractivity contribution is 5.25. The molecule has 1 fully saturated rings. The van der Waals surface area contributed by atoms with Crippen molar-refractivity contribution in [2.75, 3.05) is 13.6 Å². The first-order valence-electron chi connectivity index (χ1n) is 8.01. The minimum Gasteiger partial charge on any atom is -0.475 e. The molecular formula is C17H29N3O. The molecule has 1 aromatic rings. The van der Waals surface area contributed by atoms with Gasteiger partial charge in [-0.25, -0.2) is 4.98 Å². The Kier molecular flexibility index (Phi) is 5.59. The van der Waals surface area contributed by atoms with Crippen LogP contribution in [0.1, 0.15) is 39.7 Å². The molecule has 0 aromatic carbocycles. The van der Waals surface area contributed by atoms with Crippen molar-refractivity contribution in [1.82, 2.24) is 15.2 Å². The van der Waals surface area contributed by atoms with Gasteiger partial charge in [-0.05, 0) is 46.2 Å². The molecule has 0 bridgehead atoms. The van der Waals surface area contributed by atoms with Gasteiger partial charge in [0.05, 0.1) is 6.10 Å². The van der Waals surface area contributed by atoms with E-state index in [1.807, 2.05) is 19.9 Å². The van der Waals surface area contributed by atoms with Crippen LogP contribution in [0.4, 0.5) is 0 Å². The first kappa shape index (κ1) is 16.2. The van der Waals surface area contributed by atoms with Crippen molar-refractivity contribution in [3.05, 3.63) is 23.9 Å². The molecule has 0 saturated carbocycles. The zero-order valence-corrected chi connectivity index (χ0v) is 14.0. The van der Waals surface area contributed by atoms with Crippen molar-refractivity contribution < 1.29 is 4.74 Å². The van der Waals surface area contributed by atoms with E-state index in [9.17, 15) is 0 Å². The molecule has 4 nitrogen and oxygen atoms in total. The zero-order chi connectivity index (χ0) is 15.4. The second-order valence-electron chi connectivity index (χ2n) is 6.62. The highest BCUT2D eigenvalue weighted by Crippen LogP contribution is 2.22. The predicted octanol–water partition coefficient (Wildman–Crippen LogP) is 2.69. The number of aromatic nitrogens is 1. The lowest BCUT2D eigenvalue weighted by molar-refractivity contribution is 0.121. The monoisotopic (exact) mass is 291 g/mol. The minimum atomic E-state index is 0.154. The van der Waals surface area contributed by atoms with Gasteiger partial charge < -0.3 is 15.0 Å². The fourth-order valence-electron chi connectivity index (χ4n) is 2.95. The Morgan fingerprint density at radius 1 is 1.43 bits per heavy atom. The number of likely N-dealkylation sites (tertiary alicyclic amines) is 1. The Labute approximate surface area is 128 Å². The Hall–Kier alpha value is -1.13. The van der Waals surface area contributed by atoms with Gasteiger partial charge in [-0.1, -0.05) is 13.0 Å². The highest BCUT2D eigenvalue weighted by Gasteiger charge is 2.28. The predicted molar refractivity (Wildman–Crippen MR) is 86.5 cm³/mol. The summed E-state index contributed by atoms with van der Waals surface area (Å²) in [6, 6.07) is 5.27. The Balaban J connectivity index is 1.96. The number of nitrogens with zero attached hydrogens (tertiary/aromatic N) is 2. The average Bonchev–Trinajstić information content (AvgIpc) is 2.42. The Bertz CT molecular complexity index is 449. The molecule has 1 aliphatic heterocycles. The number of hydrogen-bond donors (Lipinski definition) is 1. The molecule has 4 heteroatoms. The summed E-state index contributed by atoms with van der Waals surface area (Å²) in [5, 5.41) is 3.71. The first-order chi connectivity index (χ1) is 9.97. The molecule has 3 unspecified atom stereocenters. The fraction of sp³-hybridized carbons (Fsp3) is 0.706. The molecule has 1 aromatic heterocycles. The summed E-state index contributed by atoms with van der Waals surface area (Å²) < 4.78 is 5.79. The van der Waals surface area contributed by atoms with Crippen LogP contribution in [0.25, 0.3) is 0 Å². The van der Waals surface area contributed by atoms with Crippen LogP contribution in [0.15, 0.2) is 18.3 Å². The second-order valence-corrected chi connectivity index (χ2v) is 6.62. The van der Waals surface area contributed by atoms with Gasteiger partial charge in [0.15, 0.2) is 0 Å². The van der Waals surface area contributed by atoms with Crippen LogP contribution in [0.5, 0.6) is 5.88 Å². The summed E-state index contributed by atoms with van der Waals surface area (Å²) in [5.74, 6) is 1.42. The van der Waals surface area contributed by atoms with Gasteiger partial charge >= 0.3 is 0 Å². The molecule has 1 aliphatic rings. The lowest BCUT2D eigenvalue weighted by atomic mass is 9.90. The summed E-state index contributed by atoms with van der Waals surface area (Å²) in [5.41, 5.74) is 1.14. The van der Waals surface area contributed by atoms with Crippen molar-refractivity contribution in [3.8, 4) is 5.88 Å². The lowest BCUT2D eigenvalue weighted by Crippen LogP contribution is -2.50. The number of rotatable bonds is 5. The third-order valence-electron chi connectivity index (χ3n) is 4.36. The van der Waals surface area contributed by atoms with E-state index in [2.05, 4.69) is 42.2 Å². The number of ether oxygens (including phenoxy) is 1. The van der Waals surface area contributed by atoms with Crippen LogP contribution >= 0.6 is 0 Å². The summed E-state index contributed by atoms with van der Waals surface area (Å²) in [6.45, 7) is 10.7. The summed E-state index contributed by atoms with van der Waals surface area (Å²) in [4.78, 5) is 6.80. The molecule has 0 radical (unpaired) electrons. The van der Waals surface area contributed by atoms with Gasteiger partial charge in [-0.15, -0.1) is 0 Å². The lowest BCUT2D eigenvalue weighted by Gasteiger charge is -2.40. The average molecular weight is 291 g/mol. The number of hydrogen-bond acceptors (Lipinski definition) is 4. The van der Waals surface area contributed by atoms with Crippen LogP contribution in [-0.4, -0.2) is 41.7 Å². The summed E-state index contributed by atoms with van der Waals surface area (Å²) >= 11 is 0. The molecule has 1 N–H and O–H groups in total. The van der Waals surface area contributed by atoms with Crippen LogP contribution < -0.4 is 10.1 Å². The second kappa shape index (κ2) is 7.23. The Morgan fingerprint density at radius 3 is 2.90 bits per heavy atom. The summed E-state index contributed by atoms with van der Waals surface area (Å²) in [7, 11) is 2.22. The van der Waals surface area contributed by atoms with E-state index < -0.39 is 0 Å². The molecular weight excluding hydrogens is 262 g/mol. The van der Waals surface area contributed by atoms with Crippen LogP contribution in [0, 0.1) is 5.92 Å². The van der Waals surface area contributed by atoms with Gasteiger partial charge in [-0.2, -0.15) is 0 Å². The van der Waals surface area contributed by atoms with E-state index >= 15 is 0 Å². The highest BCUT2D eigenvalue weighted by atomic mass is 16.5. The van der Waals surface area contributed by atoms with Gasteiger partial charge in [0.1, 0.15) is 0 Å². The third kappa shape index (κ3) is 4.42. The van der Waals surface area contributed by atoms with Crippen molar-refractivity contribution in [2.45, 2.75) is 58.8 Å². The molecule has 3 atom stereocenters. The van der Waals surface area contributed by atoms with Crippen molar-refractivity contribution in [1.29, 1.82) is 0 Å². The van der Waals surface area contributed by atoms with E-state index in [1.54, 1.807) is 6.20 Å². The normalized spacial score (nSPS) is 27.0. The van der Waals surface area contributed by atoms with E-state index in [4.69, 9.17) is 4.74 Å². The maximum Gasteiger partial charge on any atom is 0.218 e. The first-order valence-corrected chi connectivity index (χ1v) is 8.01. The van der Waals surface area contributed by atoms with Gasteiger partial charge in [-0.3, -0.25) is 0 Å². The largest absolute Gasteiger partial charge is 0.475 e. The van der Waals surface area contributed by atoms with Crippen molar-refractivity contribution >= 4 is 0 Å². The zero-order valence-electron chi connectivity index (χ0n) is 14.0. The number of piperidine rings is 1. The molecule has 0 spiro atoms. The molecule has 0 aliphatic carbocycles.